The first-order chi connectivity index (χ1) is 13.1. The number of hydrogen-bond acceptors (Lipinski definition) is 3. The van der Waals surface area contributed by atoms with Crippen LogP contribution in [0, 0.1) is 0 Å². The summed E-state index contributed by atoms with van der Waals surface area (Å²) in [6.45, 7) is 2.48. The lowest BCUT2D eigenvalue weighted by atomic mass is 10.1. The van der Waals surface area contributed by atoms with E-state index in [0.717, 1.165) is 12.0 Å². The molecule has 1 aromatic carbocycles. The molecule has 1 N–H and O–H groups in total. The number of allylic oxidation sites excluding steroid dienone is 1. The third kappa shape index (κ3) is 9.94. The molecule has 0 fully saturated rings. The van der Waals surface area contributed by atoms with E-state index >= 15 is 0 Å². The summed E-state index contributed by atoms with van der Waals surface area (Å²) in [5.41, 5.74) is 1.59. The van der Waals surface area contributed by atoms with Crippen molar-refractivity contribution in [2.75, 3.05) is 13.7 Å². The van der Waals surface area contributed by atoms with E-state index in [-0.39, 0.29) is 18.9 Å². The second-order valence-electron chi connectivity index (χ2n) is 6.67. The summed E-state index contributed by atoms with van der Waals surface area (Å²) < 4.78 is 0. The van der Waals surface area contributed by atoms with Gasteiger partial charge in [-0.15, -0.1) is 0 Å². The van der Waals surface area contributed by atoms with E-state index in [1.807, 2.05) is 12.1 Å². The standard InChI is InChI=1S/C22H33NO4/c1-3-4-5-6-7-8-9-10-12-19-14-16-20(17-15-19)22(26)23(27-2)18-11-13-21(24)25/h10,12,14-17H,3-9,11,13,18H2,1-2H3,(H,24,25)/b12-10-. The molecule has 0 radical (unpaired) electrons. The van der Waals surface area contributed by atoms with Gasteiger partial charge in [-0.3, -0.25) is 14.4 Å². The molecular formula is C22H33NO4. The molecule has 0 bridgehead atoms. The lowest BCUT2D eigenvalue weighted by Gasteiger charge is -2.19. The molecule has 0 aliphatic rings. The molecule has 150 valence electrons. The van der Waals surface area contributed by atoms with Crippen molar-refractivity contribution in [3.8, 4) is 0 Å². The van der Waals surface area contributed by atoms with Gasteiger partial charge in [0.25, 0.3) is 5.91 Å². The van der Waals surface area contributed by atoms with E-state index < -0.39 is 5.97 Å². The highest BCUT2D eigenvalue weighted by molar-refractivity contribution is 5.93. The Bertz CT molecular complexity index is 580. The maximum Gasteiger partial charge on any atom is 0.303 e. The van der Waals surface area contributed by atoms with Crippen LogP contribution in [-0.2, 0) is 9.63 Å². The Morgan fingerprint density at radius 2 is 1.70 bits per heavy atom. The van der Waals surface area contributed by atoms with Crippen LogP contribution in [0.25, 0.3) is 6.08 Å². The predicted octanol–water partition coefficient (Wildman–Crippen LogP) is 5.32. The van der Waals surface area contributed by atoms with Gasteiger partial charge in [-0.25, -0.2) is 5.06 Å². The van der Waals surface area contributed by atoms with Crippen molar-refractivity contribution in [2.45, 2.75) is 64.7 Å². The molecule has 0 spiro atoms. The van der Waals surface area contributed by atoms with E-state index in [4.69, 9.17) is 9.94 Å². The van der Waals surface area contributed by atoms with Gasteiger partial charge in [0.05, 0.1) is 7.11 Å². The zero-order valence-electron chi connectivity index (χ0n) is 16.7. The number of carboxylic acid groups (broad SMARTS) is 1. The molecular weight excluding hydrogens is 342 g/mol. The molecule has 0 aromatic heterocycles. The number of nitrogens with zero attached hydrogens (tertiary/aromatic N) is 1. The number of amides is 1. The Kier molecular flexibility index (Phi) is 11.9. The fourth-order valence-corrected chi connectivity index (χ4v) is 2.79. The molecule has 1 amide bonds. The van der Waals surface area contributed by atoms with Gasteiger partial charge in [-0.1, -0.05) is 63.3 Å². The second kappa shape index (κ2) is 14.0. The maximum absolute atomic E-state index is 12.4. The highest BCUT2D eigenvalue weighted by Crippen LogP contribution is 2.12. The van der Waals surface area contributed by atoms with Gasteiger partial charge in [-0.05, 0) is 37.0 Å². The van der Waals surface area contributed by atoms with Crippen molar-refractivity contribution in [1.29, 1.82) is 0 Å². The van der Waals surface area contributed by atoms with Crippen molar-refractivity contribution >= 4 is 18.0 Å². The van der Waals surface area contributed by atoms with Crippen molar-refractivity contribution < 1.29 is 19.5 Å². The zero-order chi connectivity index (χ0) is 19.9. The molecule has 0 aliphatic carbocycles. The number of rotatable bonds is 14. The van der Waals surface area contributed by atoms with Crippen LogP contribution in [0.3, 0.4) is 0 Å². The molecule has 1 rings (SSSR count). The normalized spacial score (nSPS) is 11.0. The van der Waals surface area contributed by atoms with Crippen molar-refractivity contribution in [3.05, 3.63) is 41.5 Å². The van der Waals surface area contributed by atoms with Crippen LogP contribution in [0.15, 0.2) is 30.3 Å². The van der Waals surface area contributed by atoms with Crippen molar-refractivity contribution in [1.82, 2.24) is 5.06 Å². The van der Waals surface area contributed by atoms with Gasteiger partial charge in [0.15, 0.2) is 0 Å². The van der Waals surface area contributed by atoms with Crippen LogP contribution in [-0.4, -0.2) is 35.7 Å². The Balaban J connectivity index is 2.41. The van der Waals surface area contributed by atoms with Crippen LogP contribution in [0.2, 0.25) is 0 Å². The summed E-state index contributed by atoms with van der Waals surface area (Å²) in [5, 5.41) is 9.89. The SMILES string of the molecule is CCCCCCCC/C=C\c1ccc(C(=O)N(CCCC(=O)O)OC)cc1. The number of carbonyl (C=O) groups is 2. The van der Waals surface area contributed by atoms with Crippen LogP contribution >= 0.6 is 0 Å². The largest absolute Gasteiger partial charge is 0.481 e. The molecule has 0 aliphatic heterocycles. The molecule has 5 nitrogen and oxygen atoms in total. The van der Waals surface area contributed by atoms with E-state index in [2.05, 4.69) is 19.1 Å². The first-order valence-electron chi connectivity index (χ1n) is 9.92. The fraction of sp³-hybridized carbons (Fsp3) is 0.545. The Morgan fingerprint density at radius 3 is 2.33 bits per heavy atom. The van der Waals surface area contributed by atoms with Gasteiger partial charge in [0.1, 0.15) is 0 Å². The minimum atomic E-state index is -0.879. The lowest BCUT2D eigenvalue weighted by Crippen LogP contribution is -2.31. The smallest absolute Gasteiger partial charge is 0.303 e. The molecule has 0 unspecified atom stereocenters. The Labute approximate surface area is 163 Å². The summed E-state index contributed by atoms with van der Waals surface area (Å²) in [6.07, 6.45) is 13.5. The van der Waals surface area contributed by atoms with Crippen LogP contribution in [0.5, 0.6) is 0 Å². The molecule has 0 saturated carbocycles. The molecule has 0 saturated heterocycles. The van der Waals surface area contributed by atoms with Crippen molar-refractivity contribution in [2.24, 2.45) is 0 Å². The van der Waals surface area contributed by atoms with Gasteiger partial charge in [-0.2, -0.15) is 0 Å². The Morgan fingerprint density at radius 1 is 1.04 bits per heavy atom. The summed E-state index contributed by atoms with van der Waals surface area (Å²) >= 11 is 0. The van der Waals surface area contributed by atoms with Crippen LogP contribution < -0.4 is 0 Å². The number of carboxylic acids is 1. The summed E-state index contributed by atoms with van der Waals surface area (Å²) in [4.78, 5) is 28.1. The summed E-state index contributed by atoms with van der Waals surface area (Å²) in [6, 6.07) is 7.37. The van der Waals surface area contributed by atoms with E-state index in [1.165, 1.54) is 50.7 Å². The minimum Gasteiger partial charge on any atom is -0.481 e. The molecule has 5 heteroatoms. The van der Waals surface area contributed by atoms with Crippen molar-refractivity contribution in [3.63, 3.8) is 0 Å². The second-order valence-corrected chi connectivity index (χ2v) is 6.67. The number of unbranched alkanes of at least 4 members (excludes halogenated alkanes) is 6. The average Bonchev–Trinajstić information content (AvgIpc) is 2.67. The van der Waals surface area contributed by atoms with E-state index in [9.17, 15) is 9.59 Å². The lowest BCUT2D eigenvalue weighted by molar-refractivity contribution is -0.138. The number of aliphatic carboxylic acids is 1. The number of carbonyl (C=O) groups excluding carboxylic acids is 1. The number of benzene rings is 1. The van der Waals surface area contributed by atoms with Gasteiger partial charge >= 0.3 is 5.97 Å². The quantitative estimate of drug-likeness (QED) is 0.353. The van der Waals surface area contributed by atoms with E-state index in [1.54, 1.807) is 12.1 Å². The highest BCUT2D eigenvalue weighted by Gasteiger charge is 2.15. The monoisotopic (exact) mass is 375 g/mol. The Hall–Kier alpha value is -2.14. The zero-order valence-corrected chi connectivity index (χ0v) is 16.7. The summed E-state index contributed by atoms with van der Waals surface area (Å²) in [5.74, 6) is -1.14. The first-order valence-corrected chi connectivity index (χ1v) is 9.92. The average molecular weight is 376 g/mol. The highest BCUT2D eigenvalue weighted by atomic mass is 16.7. The number of hydrogen-bond donors (Lipinski definition) is 1. The van der Waals surface area contributed by atoms with Crippen LogP contribution in [0.1, 0.15) is 80.6 Å². The summed E-state index contributed by atoms with van der Waals surface area (Å²) in [7, 11) is 1.41. The topological polar surface area (TPSA) is 66.8 Å². The molecule has 1 aromatic rings. The first kappa shape index (κ1) is 22.9. The van der Waals surface area contributed by atoms with E-state index in [0.29, 0.717) is 12.0 Å². The molecule has 0 heterocycles. The third-order valence-electron chi connectivity index (χ3n) is 4.39. The third-order valence-corrected chi connectivity index (χ3v) is 4.39. The minimum absolute atomic E-state index is 0.00940. The molecule has 27 heavy (non-hydrogen) atoms. The van der Waals surface area contributed by atoms with Gasteiger partial charge < -0.3 is 5.11 Å². The van der Waals surface area contributed by atoms with Gasteiger partial charge in [0.2, 0.25) is 0 Å². The maximum atomic E-state index is 12.4. The fourth-order valence-electron chi connectivity index (χ4n) is 2.79. The molecule has 0 atom stereocenters. The predicted molar refractivity (Wildman–Crippen MR) is 108 cm³/mol. The van der Waals surface area contributed by atoms with Crippen LogP contribution in [0.4, 0.5) is 0 Å². The van der Waals surface area contributed by atoms with Gasteiger partial charge in [0, 0.05) is 18.5 Å². The number of hydroxylamine groups is 2.